The number of methoxy groups -OCH3 is 3. The van der Waals surface area contributed by atoms with E-state index in [1.807, 2.05) is 6.92 Å². The molecule has 0 aliphatic carbocycles. The number of barbiturate groups is 1. The largest absolute Gasteiger partial charge is 0.493 e. The topological polar surface area (TPSA) is 94.2 Å². The zero-order chi connectivity index (χ0) is 19.3. The minimum absolute atomic E-state index is 0.147. The average Bonchev–Trinajstić information content (AvgIpc) is 2.64. The summed E-state index contributed by atoms with van der Waals surface area (Å²) in [7, 11) is 4.39. The van der Waals surface area contributed by atoms with Crippen LogP contribution in [0.3, 0.4) is 0 Å². The third-order valence-electron chi connectivity index (χ3n) is 3.96. The highest BCUT2D eigenvalue weighted by molar-refractivity contribution is 6.31. The Morgan fingerprint density at radius 2 is 1.73 bits per heavy atom. The van der Waals surface area contributed by atoms with Crippen molar-refractivity contribution in [3.05, 3.63) is 23.3 Å². The third-order valence-corrected chi connectivity index (χ3v) is 3.96. The molecule has 140 valence electrons. The predicted octanol–water partition coefficient (Wildman–Crippen LogP) is 1.97. The molecule has 0 aromatic heterocycles. The number of imide groups is 2. The number of urea groups is 1. The molecule has 8 nitrogen and oxygen atoms in total. The van der Waals surface area contributed by atoms with E-state index in [0.717, 1.165) is 11.3 Å². The van der Waals surface area contributed by atoms with Gasteiger partial charge in [-0.1, -0.05) is 13.3 Å². The van der Waals surface area contributed by atoms with Crippen LogP contribution in [0.25, 0.3) is 6.08 Å². The number of rotatable bonds is 7. The highest BCUT2D eigenvalue weighted by Gasteiger charge is 2.35. The Bertz CT molecular complexity index is 756. The quantitative estimate of drug-likeness (QED) is 0.589. The van der Waals surface area contributed by atoms with Crippen molar-refractivity contribution in [2.75, 3.05) is 27.9 Å². The molecule has 8 heteroatoms. The van der Waals surface area contributed by atoms with Crippen LogP contribution in [0.1, 0.15) is 25.3 Å². The van der Waals surface area contributed by atoms with E-state index in [9.17, 15) is 14.4 Å². The Morgan fingerprint density at radius 3 is 2.31 bits per heavy atom. The lowest BCUT2D eigenvalue weighted by atomic mass is 10.1. The smallest absolute Gasteiger partial charge is 0.331 e. The molecule has 0 saturated carbocycles. The number of hydrogen-bond acceptors (Lipinski definition) is 6. The number of hydrogen-bond donors (Lipinski definition) is 1. The van der Waals surface area contributed by atoms with E-state index in [1.165, 1.54) is 27.4 Å². The van der Waals surface area contributed by atoms with Gasteiger partial charge in [-0.2, -0.15) is 0 Å². The summed E-state index contributed by atoms with van der Waals surface area (Å²) in [5.74, 6) is -0.275. The van der Waals surface area contributed by atoms with Gasteiger partial charge in [0.2, 0.25) is 5.75 Å². The van der Waals surface area contributed by atoms with Crippen LogP contribution in [-0.2, 0) is 9.59 Å². The van der Waals surface area contributed by atoms with Gasteiger partial charge in [0, 0.05) is 12.1 Å². The van der Waals surface area contributed by atoms with Crippen molar-refractivity contribution >= 4 is 23.9 Å². The van der Waals surface area contributed by atoms with E-state index in [0.29, 0.717) is 29.2 Å². The van der Waals surface area contributed by atoms with Crippen LogP contribution < -0.4 is 19.5 Å². The first kappa shape index (κ1) is 19.3. The molecular weight excluding hydrogens is 340 g/mol. The maximum atomic E-state index is 12.6. The van der Waals surface area contributed by atoms with E-state index in [-0.39, 0.29) is 12.1 Å². The van der Waals surface area contributed by atoms with Gasteiger partial charge in [-0.05, 0) is 24.6 Å². The summed E-state index contributed by atoms with van der Waals surface area (Å²) in [4.78, 5) is 37.7. The summed E-state index contributed by atoms with van der Waals surface area (Å²) in [6.45, 7) is 2.19. The summed E-state index contributed by atoms with van der Waals surface area (Å²) in [5.41, 5.74) is 0.305. The normalized spacial score (nSPS) is 15.9. The van der Waals surface area contributed by atoms with Crippen LogP contribution in [0.15, 0.2) is 17.7 Å². The molecule has 1 aromatic rings. The first-order valence-corrected chi connectivity index (χ1v) is 8.16. The van der Waals surface area contributed by atoms with Crippen molar-refractivity contribution < 1.29 is 28.6 Å². The number of nitrogens with one attached hydrogen (secondary N) is 1. The molecule has 2 rings (SSSR count). The zero-order valence-corrected chi connectivity index (χ0v) is 15.3. The lowest BCUT2D eigenvalue weighted by molar-refractivity contribution is -0.130. The Balaban J connectivity index is 2.48. The SMILES string of the molecule is CCCCN1C(=O)NC(=O)/C(=C/c2ccc(OC)c(OC)c2OC)C1=O. The first-order chi connectivity index (χ1) is 12.5. The van der Waals surface area contributed by atoms with E-state index in [4.69, 9.17) is 14.2 Å². The molecule has 0 atom stereocenters. The molecule has 1 fully saturated rings. The van der Waals surface area contributed by atoms with Crippen molar-refractivity contribution in [1.29, 1.82) is 0 Å². The molecule has 1 N–H and O–H groups in total. The fourth-order valence-corrected chi connectivity index (χ4v) is 2.61. The Kier molecular flexibility index (Phi) is 6.21. The highest BCUT2D eigenvalue weighted by Crippen LogP contribution is 2.40. The van der Waals surface area contributed by atoms with E-state index < -0.39 is 17.8 Å². The Morgan fingerprint density at radius 1 is 1.04 bits per heavy atom. The number of carbonyl (C=O) groups is 3. The summed E-state index contributed by atoms with van der Waals surface area (Å²) < 4.78 is 15.9. The van der Waals surface area contributed by atoms with Crippen molar-refractivity contribution in [3.63, 3.8) is 0 Å². The van der Waals surface area contributed by atoms with Crippen LogP contribution >= 0.6 is 0 Å². The number of amides is 4. The van der Waals surface area contributed by atoms with Gasteiger partial charge >= 0.3 is 6.03 Å². The van der Waals surface area contributed by atoms with Gasteiger partial charge in [-0.25, -0.2) is 4.79 Å². The van der Waals surface area contributed by atoms with E-state index in [2.05, 4.69) is 5.32 Å². The maximum absolute atomic E-state index is 12.6. The van der Waals surface area contributed by atoms with Gasteiger partial charge in [0.25, 0.3) is 11.8 Å². The van der Waals surface area contributed by atoms with Crippen LogP contribution in [0.2, 0.25) is 0 Å². The number of ether oxygens (including phenoxy) is 3. The van der Waals surface area contributed by atoms with Gasteiger partial charge in [0.15, 0.2) is 11.5 Å². The minimum atomic E-state index is -0.746. The molecule has 1 saturated heterocycles. The molecular formula is C18H22N2O6. The summed E-state index contributed by atoms with van der Waals surface area (Å²) >= 11 is 0. The second kappa shape index (κ2) is 8.37. The van der Waals surface area contributed by atoms with Crippen molar-refractivity contribution in [2.24, 2.45) is 0 Å². The highest BCUT2D eigenvalue weighted by atomic mass is 16.5. The van der Waals surface area contributed by atoms with E-state index in [1.54, 1.807) is 12.1 Å². The molecule has 26 heavy (non-hydrogen) atoms. The fraction of sp³-hybridized carbons (Fsp3) is 0.389. The van der Waals surface area contributed by atoms with E-state index >= 15 is 0 Å². The van der Waals surface area contributed by atoms with Crippen molar-refractivity contribution in [2.45, 2.75) is 19.8 Å². The molecule has 4 amide bonds. The summed E-state index contributed by atoms with van der Waals surface area (Å²) in [5, 5.41) is 2.19. The number of benzene rings is 1. The van der Waals surface area contributed by atoms with Crippen LogP contribution in [0.5, 0.6) is 17.2 Å². The average molecular weight is 362 g/mol. The Labute approximate surface area is 151 Å². The second-order valence-corrected chi connectivity index (χ2v) is 5.55. The second-order valence-electron chi connectivity index (χ2n) is 5.55. The molecule has 1 heterocycles. The summed E-state index contributed by atoms with van der Waals surface area (Å²) in [6.07, 6.45) is 2.84. The van der Waals surface area contributed by atoms with Crippen molar-refractivity contribution in [3.8, 4) is 17.2 Å². The molecule has 0 spiro atoms. The van der Waals surface area contributed by atoms with Gasteiger partial charge in [-0.15, -0.1) is 0 Å². The molecule has 1 aliphatic rings. The van der Waals surface area contributed by atoms with Gasteiger partial charge in [0.1, 0.15) is 5.57 Å². The Hall–Kier alpha value is -3.03. The third kappa shape index (κ3) is 3.63. The fourth-order valence-electron chi connectivity index (χ4n) is 2.61. The van der Waals surface area contributed by atoms with Gasteiger partial charge in [0.05, 0.1) is 21.3 Å². The zero-order valence-electron chi connectivity index (χ0n) is 15.3. The van der Waals surface area contributed by atoms with Crippen molar-refractivity contribution in [1.82, 2.24) is 10.2 Å². The standard InChI is InChI=1S/C18H22N2O6/c1-5-6-9-20-17(22)12(16(21)19-18(20)23)10-11-7-8-13(24-2)15(26-4)14(11)25-3/h7-8,10H,5-6,9H2,1-4H3,(H,19,21,23)/b12-10-. The molecule has 1 aliphatic heterocycles. The molecule has 0 bridgehead atoms. The predicted molar refractivity (Wildman–Crippen MR) is 94.2 cm³/mol. The van der Waals surface area contributed by atoms with Crippen LogP contribution in [0, 0.1) is 0 Å². The molecule has 1 aromatic carbocycles. The lowest BCUT2D eigenvalue weighted by Gasteiger charge is -2.26. The van der Waals surface area contributed by atoms with Crippen LogP contribution in [-0.4, -0.2) is 50.6 Å². The maximum Gasteiger partial charge on any atom is 0.331 e. The van der Waals surface area contributed by atoms with Gasteiger partial charge in [-0.3, -0.25) is 19.8 Å². The summed E-state index contributed by atoms with van der Waals surface area (Å²) in [6, 6.07) is 2.57. The number of unbranched alkanes of at least 4 members (excludes halogenated alkanes) is 1. The first-order valence-electron chi connectivity index (χ1n) is 8.16. The number of carbonyl (C=O) groups excluding carboxylic acids is 3. The van der Waals surface area contributed by atoms with Gasteiger partial charge < -0.3 is 14.2 Å². The minimum Gasteiger partial charge on any atom is -0.493 e. The monoisotopic (exact) mass is 362 g/mol. The number of nitrogens with zero attached hydrogens (tertiary/aromatic N) is 1. The van der Waals surface area contributed by atoms with Crippen LogP contribution in [0.4, 0.5) is 4.79 Å². The molecule has 0 radical (unpaired) electrons. The lowest BCUT2D eigenvalue weighted by Crippen LogP contribution is -2.54. The molecule has 0 unspecified atom stereocenters.